The molecule has 0 unspecified atom stereocenters. The normalized spacial score (nSPS) is 16.3. The van der Waals surface area contributed by atoms with E-state index in [2.05, 4.69) is 64.5 Å². The van der Waals surface area contributed by atoms with Gasteiger partial charge in [0.15, 0.2) is 0 Å². The molecule has 0 saturated carbocycles. The number of benzene rings is 2. The van der Waals surface area contributed by atoms with Crippen LogP contribution >= 0.6 is 15.9 Å². The molecular weight excluding hydrogens is 286 g/mol. The molecule has 1 nitrogen and oxygen atoms in total. The van der Waals surface area contributed by atoms with Gasteiger partial charge >= 0.3 is 0 Å². The predicted molar refractivity (Wildman–Crippen MR) is 77.7 cm³/mol. The SMILES string of the molecule is Brc1cc2c(c3ccccc13)=NC1=CC=CCC=21. The van der Waals surface area contributed by atoms with Crippen LogP contribution in [0.5, 0.6) is 0 Å². The van der Waals surface area contributed by atoms with Crippen molar-refractivity contribution in [2.75, 3.05) is 0 Å². The standard InChI is InChI=1S/C16H10BrN/c17-14-9-13-11-6-3-4-8-15(11)18-16(13)12-7-2-1-5-10(12)14/h1-5,7-9H,6H2. The third-order valence-electron chi connectivity index (χ3n) is 3.54. The minimum Gasteiger partial charge on any atom is -0.247 e. The highest BCUT2D eigenvalue weighted by atomic mass is 79.9. The molecule has 2 heteroatoms. The zero-order valence-corrected chi connectivity index (χ0v) is 11.2. The number of hydrogen-bond donors (Lipinski definition) is 0. The van der Waals surface area contributed by atoms with Crippen LogP contribution < -0.4 is 10.6 Å². The maximum Gasteiger partial charge on any atom is 0.0792 e. The Morgan fingerprint density at radius 2 is 1.94 bits per heavy atom. The number of halogens is 1. The Balaban J connectivity index is 2.28. The lowest BCUT2D eigenvalue weighted by Crippen LogP contribution is -2.24. The van der Waals surface area contributed by atoms with Crippen LogP contribution in [0.4, 0.5) is 0 Å². The lowest BCUT2D eigenvalue weighted by atomic mass is 10.0. The predicted octanol–water partition coefficient (Wildman–Crippen LogP) is 3.23. The average molecular weight is 296 g/mol. The highest BCUT2D eigenvalue weighted by Crippen LogP contribution is 2.26. The van der Waals surface area contributed by atoms with Crippen LogP contribution in [0.1, 0.15) is 6.42 Å². The summed E-state index contributed by atoms with van der Waals surface area (Å²) < 4.78 is 1.15. The Bertz CT molecular complexity index is 857. The highest BCUT2D eigenvalue weighted by molar-refractivity contribution is 9.10. The van der Waals surface area contributed by atoms with Gasteiger partial charge < -0.3 is 0 Å². The fourth-order valence-corrected chi connectivity index (χ4v) is 3.26. The first-order valence-electron chi connectivity index (χ1n) is 6.01. The van der Waals surface area contributed by atoms with Gasteiger partial charge in [-0.2, -0.15) is 0 Å². The van der Waals surface area contributed by atoms with Crippen molar-refractivity contribution < 1.29 is 0 Å². The summed E-state index contributed by atoms with van der Waals surface area (Å²) in [5.41, 5.74) is 2.47. The summed E-state index contributed by atoms with van der Waals surface area (Å²) in [6.45, 7) is 0. The average Bonchev–Trinajstić information content (AvgIpc) is 2.78. The second-order valence-corrected chi connectivity index (χ2v) is 5.43. The van der Waals surface area contributed by atoms with E-state index in [0.29, 0.717) is 0 Å². The largest absolute Gasteiger partial charge is 0.247 e. The molecule has 0 amide bonds. The van der Waals surface area contributed by atoms with Gasteiger partial charge in [-0.05, 0) is 29.5 Å². The number of hydrogen-bond acceptors (Lipinski definition) is 1. The molecule has 0 bridgehead atoms. The minimum atomic E-state index is 0.979. The summed E-state index contributed by atoms with van der Waals surface area (Å²) in [5, 5.41) is 4.85. The quantitative estimate of drug-likeness (QED) is 0.708. The first kappa shape index (κ1) is 10.3. The maximum atomic E-state index is 4.79. The van der Waals surface area contributed by atoms with Crippen LogP contribution in [-0.2, 0) is 0 Å². The molecule has 0 aromatic heterocycles. The van der Waals surface area contributed by atoms with E-state index in [4.69, 9.17) is 4.99 Å². The minimum absolute atomic E-state index is 0.979. The van der Waals surface area contributed by atoms with E-state index in [1.807, 2.05) is 0 Å². The van der Waals surface area contributed by atoms with Crippen LogP contribution in [0.15, 0.2) is 63.7 Å². The van der Waals surface area contributed by atoms with E-state index < -0.39 is 0 Å². The molecular formula is C16H10BrN. The Kier molecular flexibility index (Phi) is 2.09. The monoisotopic (exact) mass is 295 g/mol. The van der Waals surface area contributed by atoms with E-state index in [1.165, 1.54) is 21.6 Å². The van der Waals surface area contributed by atoms with Crippen LogP contribution in [0.2, 0.25) is 0 Å². The molecule has 0 atom stereocenters. The number of fused-ring (bicyclic) bond motifs is 4. The molecule has 18 heavy (non-hydrogen) atoms. The molecule has 1 aliphatic heterocycles. The van der Waals surface area contributed by atoms with Crippen molar-refractivity contribution in [3.63, 3.8) is 0 Å². The summed E-state index contributed by atoms with van der Waals surface area (Å²) in [6.07, 6.45) is 7.35. The van der Waals surface area contributed by atoms with E-state index >= 15 is 0 Å². The third-order valence-corrected chi connectivity index (χ3v) is 4.20. The van der Waals surface area contributed by atoms with Crippen molar-refractivity contribution in [1.29, 1.82) is 0 Å². The first-order chi connectivity index (χ1) is 8.84. The van der Waals surface area contributed by atoms with Gasteiger partial charge in [0.1, 0.15) is 0 Å². The summed E-state index contributed by atoms with van der Waals surface area (Å²) in [4.78, 5) is 4.79. The first-order valence-corrected chi connectivity index (χ1v) is 6.80. The number of allylic oxidation sites excluding steroid dienone is 4. The van der Waals surface area contributed by atoms with Gasteiger partial charge in [0, 0.05) is 15.1 Å². The van der Waals surface area contributed by atoms with Gasteiger partial charge in [-0.25, -0.2) is 4.99 Å². The van der Waals surface area contributed by atoms with E-state index in [9.17, 15) is 0 Å². The van der Waals surface area contributed by atoms with Gasteiger partial charge in [-0.1, -0.05) is 52.3 Å². The van der Waals surface area contributed by atoms with E-state index in [1.54, 1.807) is 0 Å². The van der Waals surface area contributed by atoms with Crippen LogP contribution in [0.3, 0.4) is 0 Å². The molecule has 2 aromatic carbocycles. The van der Waals surface area contributed by atoms with Gasteiger partial charge in [-0.3, -0.25) is 0 Å². The second kappa shape index (κ2) is 3.66. The van der Waals surface area contributed by atoms with Gasteiger partial charge in [0.2, 0.25) is 0 Å². The zero-order chi connectivity index (χ0) is 12.1. The van der Waals surface area contributed by atoms with Crippen molar-refractivity contribution in [2.24, 2.45) is 4.99 Å². The van der Waals surface area contributed by atoms with Gasteiger partial charge in [0.25, 0.3) is 0 Å². The molecule has 1 heterocycles. The number of nitrogens with zero attached hydrogens (tertiary/aromatic N) is 1. The van der Waals surface area contributed by atoms with Crippen molar-refractivity contribution in [3.05, 3.63) is 69.3 Å². The Morgan fingerprint density at radius 1 is 1.11 bits per heavy atom. The van der Waals surface area contributed by atoms with Crippen LogP contribution in [0, 0.1) is 0 Å². The maximum absolute atomic E-state index is 4.79. The molecule has 0 saturated heterocycles. The topological polar surface area (TPSA) is 12.4 Å². The Hall–Kier alpha value is -1.67. The molecule has 0 spiro atoms. The van der Waals surface area contributed by atoms with Gasteiger partial charge in [0.05, 0.1) is 11.1 Å². The molecule has 4 rings (SSSR count). The highest BCUT2D eigenvalue weighted by Gasteiger charge is 2.16. The smallest absolute Gasteiger partial charge is 0.0792 e. The summed E-state index contributed by atoms with van der Waals surface area (Å²) in [7, 11) is 0. The summed E-state index contributed by atoms with van der Waals surface area (Å²) >= 11 is 3.67. The molecule has 1 aliphatic carbocycles. The van der Waals surface area contributed by atoms with Crippen LogP contribution in [-0.4, -0.2) is 0 Å². The third kappa shape index (κ3) is 1.30. The van der Waals surface area contributed by atoms with Crippen molar-refractivity contribution in [1.82, 2.24) is 0 Å². The summed E-state index contributed by atoms with van der Waals surface area (Å²) in [6, 6.07) is 10.6. The fraction of sp³-hybridized carbons (Fsp3) is 0.0625. The van der Waals surface area contributed by atoms with Crippen molar-refractivity contribution >= 4 is 32.3 Å². The van der Waals surface area contributed by atoms with Crippen LogP contribution in [0.25, 0.3) is 16.3 Å². The summed E-state index contributed by atoms with van der Waals surface area (Å²) in [5.74, 6) is 0. The van der Waals surface area contributed by atoms with Gasteiger partial charge in [-0.15, -0.1) is 0 Å². The lowest BCUT2D eigenvalue weighted by Gasteiger charge is -2.04. The fourth-order valence-electron chi connectivity index (χ4n) is 2.69. The van der Waals surface area contributed by atoms with Crippen molar-refractivity contribution in [3.8, 4) is 0 Å². The number of rotatable bonds is 0. The van der Waals surface area contributed by atoms with E-state index in [-0.39, 0.29) is 0 Å². The Morgan fingerprint density at radius 3 is 2.83 bits per heavy atom. The van der Waals surface area contributed by atoms with Crippen molar-refractivity contribution in [2.45, 2.75) is 6.42 Å². The molecule has 86 valence electrons. The molecule has 0 radical (unpaired) electrons. The lowest BCUT2D eigenvalue weighted by molar-refractivity contribution is 1.28. The van der Waals surface area contributed by atoms with E-state index in [0.717, 1.165) is 21.9 Å². The molecule has 2 aromatic rings. The molecule has 0 N–H and O–H groups in total. The second-order valence-electron chi connectivity index (χ2n) is 4.57. The zero-order valence-electron chi connectivity index (χ0n) is 9.65. The molecule has 2 aliphatic rings. The molecule has 0 fully saturated rings. The Labute approximate surface area is 113 Å².